The molecule has 8 heteroatoms. The van der Waals surface area contributed by atoms with Gasteiger partial charge in [-0.3, -0.25) is 14.4 Å². The Kier molecular flexibility index (Phi) is 5.61. The van der Waals surface area contributed by atoms with Crippen LogP contribution in [0.25, 0.3) is 0 Å². The number of rotatable bonds is 4. The van der Waals surface area contributed by atoms with Gasteiger partial charge in [-0.2, -0.15) is 0 Å². The molecule has 0 bridgehead atoms. The standard InChI is InChI=1S/C16H21BN2O5/c1-18(2)16(23)10-7-11(15(22)12(17)8-10)13(20)9-14(21)19-3-5-24-6-4-19/h7-8,22H,3-6,9,17H2,1-2H3. The minimum absolute atomic E-state index is 0.00168. The van der Waals surface area contributed by atoms with Gasteiger partial charge in [0, 0.05) is 32.7 Å². The van der Waals surface area contributed by atoms with Gasteiger partial charge in [0.1, 0.15) is 13.6 Å². The van der Waals surface area contributed by atoms with E-state index >= 15 is 0 Å². The summed E-state index contributed by atoms with van der Waals surface area (Å²) in [6, 6.07) is 2.87. The maximum atomic E-state index is 12.5. The highest BCUT2D eigenvalue weighted by molar-refractivity contribution is 6.35. The van der Waals surface area contributed by atoms with E-state index in [1.807, 2.05) is 0 Å². The normalized spacial score (nSPS) is 14.3. The van der Waals surface area contributed by atoms with Crippen LogP contribution >= 0.6 is 0 Å². The largest absolute Gasteiger partial charge is 0.508 e. The Morgan fingerprint density at radius 2 is 1.88 bits per heavy atom. The number of aromatic hydroxyl groups is 1. The maximum absolute atomic E-state index is 12.5. The van der Waals surface area contributed by atoms with Crippen LogP contribution < -0.4 is 5.46 Å². The first-order valence-corrected chi connectivity index (χ1v) is 7.75. The zero-order valence-corrected chi connectivity index (χ0v) is 14.2. The van der Waals surface area contributed by atoms with E-state index in [4.69, 9.17) is 4.74 Å². The lowest BCUT2D eigenvalue weighted by atomic mass is 9.88. The summed E-state index contributed by atoms with van der Waals surface area (Å²) >= 11 is 0. The predicted octanol–water partition coefficient (Wildman–Crippen LogP) is -1.22. The number of nitrogens with zero attached hydrogens (tertiary/aromatic N) is 2. The molecule has 0 unspecified atom stereocenters. The molecule has 0 radical (unpaired) electrons. The molecule has 1 fully saturated rings. The van der Waals surface area contributed by atoms with E-state index in [2.05, 4.69) is 0 Å². The molecule has 0 aliphatic carbocycles. The molecule has 2 rings (SSSR count). The Balaban J connectivity index is 2.21. The number of ketones is 1. The third kappa shape index (κ3) is 3.94. The summed E-state index contributed by atoms with van der Waals surface area (Å²) in [5.41, 5.74) is 0.726. The molecule has 1 aromatic carbocycles. The topological polar surface area (TPSA) is 87.2 Å². The number of carbonyl (C=O) groups excluding carboxylic acids is 3. The van der Waals surface area contributed by atoms with Gasteiger partial charge in [0.2, 0.25) is 5.91 Å². The van der Waals surface area contributed by atoms with Crippen molar-refractivity contribution in [2.75, 3.05) is 40.4 Å². The van der Waals surface area contributed by atoms with Gasteiger partial charge in [0.15, 0.2) is 5.78 Å². The van der Waals surface area contributed by atoms with Crippen molar-refractivity contribution in [3.63, 3.8) is 0 Å². The van der Waals surface area contributed by atoms with E-state index in [0.717, 1.165) is 0 Å². The monoisotopic (exact) mass is 332 g/mol. The van der Waals surface area contributed by atoms with Crippen LogP contribution in [0.2, 0.25) is 0 Å². The highest BCUT2D eigenvalue weighted by Crippen LogP contribution is 2.19. The molecule has 1 heterocycles. The van der Waals surface area contributed by atoms with Crippen LogP contribution in [0.1, 0.15) is 27.1 Å². The number of hydrogen-bond acceptors (Lipinski definition) is 5. The number of Topliss-reactive ketones (excluding diaryl/α,β-unsaturated/α-hetero) is 1. The first kappa shape index (κ1) is 18.0. The smallest absolute Gasteiger partial charge is 0.253 e. The van der Waals surface area contributed by atoms with Crippen LogP contribution in [0.5, 0.6) is 5.75 Å². The third-order valence-electron chi connectivity index (χ3n) is 3.93. The van der Waals surface area contributed by atoms with Crippen molar-refractivity contribution < 1.29 is 24.2 Å². The predicted molar refractivity (Wildman–Crippen MR) is 90.6 cm³/mol. The van der Waals surface area contributed by atoms with Crippen LogP contribution in [0, 0.1) is 0 Å². The minimum atomic E-state index is -0.500. The zero-order valence-electron chi connectivity index (χ0n) is 14.2. The third-order valence-corrected chi connectivity index (χ3v) is 3.93. The van der Waals surface area contributed by atoms with E-state index in [1.165, 1.54) is 17.0 Å². The molecule has 1 saturated heterocycles. The molecule has 1 N–H and O–H groups in total. The SMILES string of the molecule is Bc1cc(C(=O)N(C)C)cc(C(=O)CC(=O)N2CCOCC2)c1O. The van der Waals surface area contributed by atoms with Gasteiger partial charge in [-0.05, 0) is 11.5 Å². The number of phenols is 1. The van der Waals surface area contributed by atoms with E-state index in [9.17, 15) is 19.5 Å². The zero-order chi connectivity index (χ0) is 17.9. The van der Waals surface area contributed by atoms with Gasteiger partial charge in [-0.15, -0.1) is 0 Å². The molecule has 0 atom stereocenters. The van der Waals surface area contributed by atoms with Gasteiger partial charge in [-0.25, -0.2) is 0 Å². The molecule has 24 heavy (non-hydrogen) atoms. The molecule has 1 aliphatic heterocycles. The summed E-state index contributed by atoms with van der Waals surface area (Å²) in [6.45, 7) is 1.82. The van der Waals surface area contributed by atoms with Crippen molar-refractivity contribution >= 4 is 30.9 Å². The summed E-state index contributed by atoms with van der Waals surface area (Å²) in [4.78, 5) is 39.7. The van der Waals surface area contributed by atoms with Crippen molar-refractivity contribution in [2.24, 2.45) is 0 Å². The molecule has 0 aromatic heterocycles. The molecule has 0 spiro atoms. The van der Waals surface area contributed by atoms with Crippen molar-refractivity contribution in [1.29, 1.82) is 0 Å². The molecule has 0 saturated carbocycles. The number of carbonyl (C=O) groups is 3. The van der Waals surface area contributed by atoms with Gasteiger partial charge >= 0.3 is 0 Å². The number of ether oxygens (including phenoxy) is 1. The average molecular weight is 332 g/mol. The minimum Gasteiger partial charge on any atom is -0.508 e. The van der Waals surface area contributed by atoms with Crippen molar-refractivity contribution in [1.82, 2.24) is 9.80 Å². The van der Waals surface area contributed by atoms with Crippen molar-refractivity contribution in [2.45, 2.75) is 6.42 Å². The molecular formula is C16H21BN2O5. The highest BCUT2D eigenvalue weighted by Gasteiger charge is 2.23. The quantitative estimate of drug-likeness (QED) is 0.424. The van der Waals surface area contributed by atoms with Gasteiger partial charge in [0.25, 0.3) is 5.91 Å². The van der Waals surface area contributed by atoms with E-state index in [-0.39, 0.29) is 29.5 Å². The molecule has 2 amide bonds. The Morgan fingerprint density at radius 1 is 1.25 bits per heavy atom. The fourth-order valence-electron chi connectivity index (χ4n) is 2.53. The van der Waals surface area contributed by atoms with E-state index in [1.54, 1.807) is 26.8 Å². The van der Waals surface area contributed by atoms with Crippen molar-refractivity contribution in [3.05, 3.63) is 23.3 Å². The van der Waals surface area contributed by atoms with Crippen LogP contribution in [0.15, 0.2) is 12.1 Å². The Bertz CT molecular complexity index is 669. The molecule has 1 aromatic rings. The van der Waals surface area contributed by atoms with Gasteiger partial charge in [-0.1, -0.05) is 6.07 Å². The number of phenolic OH excluding ortho intramolecular Hbond substituents is 1. The van der Waals surface area contributed by atoms with Crippen LogP contribution in [-0.2, 0) is 9.53 Å². The first-order valence-electron chi connectivity index (χ1n) is 7.75. The number of amides is 2. The summed E-state index contributed by atoms with van der Waals surface area (Å²) in [5.74, 6) is -1.26. The maximum Gasteiger partial charge on any atom is 0.253 e. The lowest BCUT2D eigenvalue weighted by Crippen LogP contribution is -2.41. The highest BCUT2D eigenvalue weighted by atomic mass is 16.5. The van der Waals surface area contributed by atoms with Gasteiger partial charge < -0.3 is 19.6 Å². The van der Waals surface area contributed by atoms with E-state index < -0.39 is 5.78 Å². The Labute approximate surface area is 141 Å². The first-order chi connectivity index (χ1) is 11.3. The lowest BCUT2D eigenvalue weighted by molar-refractivity contribution is -0.134. The van der Waals surface area contributed by atoms with Crippen LogP contribution in [0.3, 0.4) is 0 Å². The van der Waals surface area contributed by atoms with E-state index in [0.29, 0.717) is 37.3 Å². The summed E-state index contributed by atoms with van der Waals surface area (Å²) in [7, 11) is 4.82. The molecular weight excluding hydrogens is 311 g/mol. The average Bonchev–Trinajstić information content (AvgIpc) is 2.56. The summed E-state index contributed by atoms with van der Waals surface area (Å²) < 4.78 is 5.18. The Morgan fingerprint density at radius 3 is 2.46 bits per heavy atom. The summed E-state index contributed by atoms with van der Waals surface area (Å²) in [6.07, 6.45) is -0.341. The van der Waals surface area contributed by atoms with Gasteiger partial charge in [0.05, 0.1) is 25.2 Å². The fraction of sp³-hybridized carbons (Fsp3) is 0.438. The number of benzene rings is 1. The van der Waals surface area contributed by atoms with Crippen LogP contribution in [-0.4, -0.2) is 80.7 Å². The second kappa shape index (κ2) is 7.48. The lowest BCUT2D eigenvalue weighted by Gasteiger charge is -2.26. The molecule has 1 aliphatic rings. The fourth-order valence-corrected chi connectivity index (χ4v) is 2.53. The summed E-state index contributed by atoms with van der Waals surface area (Å²) in [5, 5.41) is 10.1. The second-order valence-electron chi connectivity index (χ2n) is 5.98. The van der Waals surface area contributed by atoms with Crippen LogP contribution in [0.4, 0.5) is 0 Å². The Hall–Kier alpha value is -2.35. The molecule has 128 valence electrons. The number of hydrogen-bond donors (Lipinski definition) is 1. The number of morpholine rings is 1. The van der Waals surface area contributed by atoms with Crippen molar-refractivity contribution in [3.8, 4) is 5.75 Å². The second-order valence-corrected chi connectivity index (χ2v) is 5.98. The molecule has 7 nitrogen and oxygen atoms in total.